The van der Waals surface area contributed by atoms with Crippen LogP contribution in [0, 0.1) is 5.92 Å². The molecule has 0 amide bonds. The average molecular weight is 177 g/mol. The van der Waals surface area contributed by atoms with E-state index in [-0.39, 0.29) is 11.8 Å². The normalized spacial score (nSPS) is 21.5. The minimum atomic E-state index is -0.746. The molecular weight excluding hydrogens is 166 g/mol. The number of aliphatic carboxylic acids is 1. The number of hydrogen-bond donors (Lipinski definition) is 1. The van der Waals surface area contributed by atoms with Crippen molar-refractivity contribution in [3.05, 3.63) is 30.1 Å². The molecule has 1 aromatic rings. The Morgan fingerprint density at radius 1 is 1.69 bits per heavy atom. The van der Waals surface area contributed by atoms with Gasteiger partial charge in [0, 0.05) is 24.0 Å². The number of carboxylic acids is 1. The van der Waals surface area contributed by atoms with Crippen molar-refractivity contribution in [1.29, 1.82) is 0 Å². The van der Waals surface area contributed by atoms with Crippen LogP contribution in [0.5, 0.6) is 0 Å². The van der Waals surface area contributed by atoms with Gasteiger partial charge in [-0.15, -0.1) is 0 Å². The highest BCUT2D eigenvalue weighted by molar-refractivity contribution is 5.72. The number of nitrogens with zero attached hydrogens (tertiary/aromatic N) is 1. The van der Waals surface area contributed by atoms with Crippen LogP contribution in [0.2, 0.25) is 0 Å². The Hall–Kier alpha value is -1.51. The number of aromatic nitrogens is 1. The third-order valence-electron chi connectivity index (χ3n) is 2.54. The van der Waals surface area contributed by atoms with E-state index in [1.807, 2.05) is 35.2 Å². The molecule has 0 saturated heterocycles. The van der Waals surface area contributed by atoms with Gasteiger partial charge in [0.15, 0.2) is 0 Å². The lowest BCUT2D eigenvalue weighted by molar-refractivity contribution is -0.141. The van der Waals surface area contributed by atoms with E-state index in [1.54, 1.807) is 6.92 Å². The zero-order chi connectivity index (χ0) is 9.42. The summed E-state index contributed by atoms with van der Waals surface area (Å²) in [6, 6.07) is 3.89. The number of allylic oxidation sites excluding steroid dienone is 1. The quantitative estimate of drug-likeness (QED) is 0.748. The molecule has 1 N–H and O–H groups in total. The summed E-state index contributed by atoms with van der Waals surface area (Å²) in [5.41, 5.74) is 1.06. The van der Waals surface area contributed by atoms with Gasteiger partial charge in [0.05, 0.1) is 5.92 Å². The van der Waals surface area contributed by atoms with Crippen LogP contribution >= 0.6 is 0 Å². The number of carbonyl (C=O) groups is 1. The molecule has 1 aliphatic heterocycles. The Labute approximate surface area is 76.3 Å². The summed E-state index contributed by atoms with van der Waals surface area (Å²) in [5, 5.41) is 8.86. The van der Waals surface area contributed by atoms with Gasteiger partial charge in [-0.25, -0.2) is 0 Å². The van der Waals surface area contributed by atoms with Gasteiger partial charge < -0.3 is 9.67 Å². The molecule has 0 fully saturated rings. The number of rotatable bonds is 2. The lowest BCUT2D eigenvalue weighted by atomic mass is 9.92. The fourth-order valence-corrected chi connectivity index (χ4v) is 1.69. The summed E-state index contributed by atoms with van der Waals surface area (Å²) in [6.07, 6.45) is 5.79. The maximum atomic E-state index is 10.8. The summed E-state index contributed by atoms with van der Waals surface area (Å²) < 4.78 is 1.96. The van der Waals surface area contributed by atoms with Crippen molar-refractivity contribution < 1.29 is 9.90 Å². The average Bonchev–Trinajstić information content (AvgIpc) is 2.61. The number of fused-ring (bicyclic) bond motifs is 1. The van der Waals surface area contributed by atoms with Gasteiger partial charge in [-0.1, -0.05) is 13.0 Å². The SMILES string of the molecule is CC(C(=O)O)C1C=Cn2cccc21. The van der Waals surface area contributed by atoms with E-state index in [0.717, 1.165) is 5.69 Å². The first-order valence-electron chi connectivity index (χ1n) is 4.28. The van der Waals surface area contributed by atoms with Crippen molar-refractivity contribution in [3.63, 3.8) is 0 Å². The Morgan fingerprint density at radius 3 is 3.15 bits per heavy atom. The molecule has 1 aromatic heterocycles. The highest BCUT2D eigenvalue weighted by Crippen LogP contribution is 2.31. The maximum absolute atomic E-state index is 10.8. The highest BCUT2D eigenvalue weighted by atomic mass is 16.4. The molecule has 3 heteroatoms. The van der Waals surface area contributed by atoms with Gasteiger partial charge in [0.2, 0.25) is 0 Å². The molecule has 0 bridgehead atoms. The highest BCUT2D eigenvalue weighted by Gasteiger charge is 2.27. The molecule has 2 heterocycles. The van der Waals surface area contributed by atoms with Crippen LogP contribution in [0.1, 0.15) is 18.5 Å². The van der Waals surface area contributed by atoms with E-state index < -0.39 is 5.97 Å². The molecule has 0 aromatic carbocycles. The Balaban J connectivity index is 2.30. The fraction of sp³-hybridized carbons (Fsp3) is 0.300. The Bertz CT molecular complexity index is 365. The van der Waals surface area contributed by atoms with Crippen LogP contribution in [0.3, 0.4) is 0 Å². The smallest absolute Gasteiger partial charge is 0.307 e. The first-order chi connectivity index (χ1) is 6.20. The number of carboxylic acid groups (broad SMARTS) is 1. The van der Waals surface area contributed by atoms with Crippen molar-refractivity contribution >= 4 is 12.2 Å². The van der Waals surface area contributed by atoms with E-state index >= 15 is 0 Å². The molecule has 0 spiro atoms. The minimum absolute atomic E-state index is 0.0208. The molecule has 2 unspecified atom stereocenters. The van der Waals surface area contributed by atoms with Gasteiger partial charge in [0.1, 0.15) is 0 Å². The molecule has 13 heavy (non-hydrogen) atoms. The first-order valence-corrected chi connectivity index (χ1v) is 4.28. The van der Waals surface area contributed by atoms with Gasteiger partial charge in [0.25, 0.3) is 0 Å². The Morgan fingerprint density at radius 2 is 2.46 bits per heavy atom. The summed E-state index contributed by atoms with van der Waals surface area (Å²) in [5.74, 6) is -1.08. The monoisotopic (exact) mass is 177 g/mol. The molecule has 3 nitrogen and oxygen atoms in total. The molecule has 2 atom stereocenters. The standard InChI is InChI=1S/C10H11NO2/c1-7(10(12)13)8-4-6-11-5-2-3-9(8)11/h2-8H,1H3,(H,12,13). The minimum Gasteiger partial charge on any atom is -0.481 e. The third-order valence-corrected chi connectivity index (χ3v) is 2.54. The zero-order valence-electron chi connectivity index (χ0n) is 7.34. The van der Waals surface area contributed by atoms with Crippen molar-refractivity contribution in [2.75, 3.05) is 0 Å². The molecule has 1 aliphatic rings. The largest absolute Gasteiger partial charge is 0.481 e. The molecular formula is C10H11NO2. The van der Waals surface area contributed by atoms with Crippen LogP contribution in [0.4, 0.5) is 0 Å². The van der Waals surface area contributed by atoms with Crippen molar-refractivity contribution in [2.24, 2.45) is 5.92 Å². The second-order valence-electron chi connectivity index (χ2n) is 3.33. The second kappa shape index (κ2) is 2.76. The summed E-state index contributed by atoms with van der Waals surface area (Å²) >= 11 is 0. The van der Waals surface area contributed by atoms with Crippen LogP contribution in [-0.4, -0.2) is 15.6 Å². The summed E-state index contributed by atoms with van der Waals surface area (Å²) in [4.78, 5) is 10.8. The fourth-order valence-electron chi connectivity index (χ4n) is 1.69. The molecule has 68 valence electrons. The second-order valence-corrected chi connectivity index (χ2v) is 3.33. The first kappa shape index (κ1) is 8.10. The van der Waals surface area contributed by atoms with Gasteiger partial charge in [-0.2, -0.15) is 0 Å². The molecule has 0 aliphatic carbocycles. The predicted molar refractivity (Wildman–Crippen MR) is 49.3 cm³/mol. The van der Waals surface area contributed by atoms with Gasteiger partial charge in [-0.05, 0) is 12.1 Å². The van der Waals surface area contributed by atoms with Gasteiger partial charge in [-0.3, -0.25) is 4.79 Å². The van der Waals surface area contributed by atoms with Crippen LogP contribution in [-0.2, 0) is 4.79 Å². The third kappa shape index (κ3) is 1.16. The van der Waals surface area contributed by atoms with E-state index in [2.05, 4.69) is 0 Å². The van der Waals surface area contributed by atoms with Gasteiger partial charge >= 0.3 is 5.97 Å². The summed E-state index contributed by atoms with van der Waals surface area (Å²) in [7, 11) is 0. The van der Waals surface area contributed by atoms with E-state index in [1.165, 1.54) is 0 Å². The van der Waals surface area contributed by atoms with Crippen LogP contribution in [0.15, 0.2) is 24.4 Å². The topological polar surface area (TPSA) is 42.2 Å². The maximum Gasteiger partial charge on any atom is 0.307 e. The predicted octanol–water partition coefficient (Wildman–Crippen LogP) is 1.78. The summed E-state index contributed by atoms with van der Waals surface area (Å²) in [6.45, 7) is 1.74. The lowest BCUT2D eigenvalue weighted by Gasteiger charge is -2.12. The van der Waals surface area contributed by atoms with Crippen molar-refractivity contribution in [3.8, 4) is 0 Å². The number of hydrogen-bond acceptors (Lipinski definition) is 1. The van der Waals surface area contributed by atoms with Crippen molar-refractivity contribution in [1.82, 2.24) is 4.57 Å². The zero-order valence-corrected chi connectivity index (χ0v) is 7.34. The van der Waals surface area contributed by atoms with Crippen LogP contribution in [0.25, 0.3) is 6.20 Å². The molecule has 0 radical (unpaired) electrons. The molecule has 2 rings (SSSR count). The van der Waals surface area contributed by atoms with Crippen molar-refractivity contribution in [2.45, 2.75) is 12.8 Å². The van der Waals surface area contributed by atoms with Crippen LogP contribution < -0.4 is 0 Å². The van der Waals surface area contributed by atoms with E-state index in [4.69, 9.17) is 5.11 Å². The Kier molecular flexibility index (Phi) is 1.72. The van der Waals surface area contributed by atoms with E-state index in [9.17, 15) is 4.79 Å². The lowest BCUT2D eigenvalue weighted by Crippen LogP contribution is -2.16. The molecule has 0 saturated carbocycles. The van der Waals surface area contributed by atoms with E-state index in [0.29, 0.717) is 0 Å².